The first-order valence-corrected chi connectivity index (χ1v) is 6.58. The zero-order valence-corrected chi connectivity index (χ0v) is 10.3. The fraction of sp³-hybridized carbons (Fsp3) is 0.571. The molecule has 3 aliphatic rings. The van der Waals surface area contributed by atoms with E-state index in [9.17, 15) is 13.2 Å². The Morgan fingerprint density at radius 2 is 2.05 bits per heavy atom. The van der Waals surface area contributed by atoms with E-state index in [1.807, 2.05) is 0 Å². The average Bonchev–Trinajstić information content (AvgIpc) is 2.99. The maximum Gasteiger partial charge on any atom is 0.416 e. The summed E-state index contributed by atoms with van der Waals surface area (Å²) in [6.07, 6.45) is -1.57. The molecule has 0 unspecified atom stereocenters. The molecule has 1 N–H and O–H groups in total. The normalized spacial score (nSPS) is 31.1. The first-order chi connectivity index (χ1) is 8.97. The minimum absolute atomic E-state index is 0.00488. The van der Waals surface area contributed by atoms with Gasteiger partial charge in [0.1, 0.15) is 0 Å². The Bertz CT molecular complexity index is 536. The van der Waals surface area contributed by atoms with Gasteiger partial charge in [-0.3, -0.25) is 0 Å². The minimum Gasteiger partial charge on any atom is -0.368 e. The lowest BCUT2D eigenvalue weighted by molar-refractivity contribution is -0.137. The van der Waals surface area contributed by atoms with E-state index in [-0.39, 0.29) is 17.7 Å². The Kier molecular flexibility index (Phi) is 2.17. The van der Waals surface area contributed by atoms with E-state index >= 15 is 0 Å². The van der Waals surface area contributed by atoms with Gasteiger partial charge in [0, 0.05) is 13.0 Å². The largest absolute Gasteiger partial charge is 0.416 e. The maximum atomic E-state index is 12.7. The van der Waals surface area contributed by atoms with E-state index in [4.69, 9.17) is 4.74 Å². The molecule has 1 aromatic rings. The van der Waals surface area contributed by atoms with Gasteiger partial charge in [0.25, 0.3) is 0 Å². The predicted molar refractivity (Wildman–Crippen MR) is 62.7 cm³/mol. The van der Waals surface area contributed by atoms with Crippen molar-refractivity contribution in [3.63, 3.8) is 0 Å². The molecular formula is C14H14F3NO. The van der Waals surface area contributed by atoms with E-state index in [0.717, 1.165) is 30.5 Å². The Labute approximate surface area is 108 Å². The number of hydrogen-bond acceptors (Lipinski definition) is 2. The monoisotopic (exact) mass is 269 g/mol. The van der Waals surface area contributed by atoms with Crippen LogP contribution in [0.25, 0.3) is 0 Å². The first kappa shape index (κ1) is 11.7. The molecule has 2 nitrogen and oxygen atoms in total. The molecule has 1 saturated carbocycles. The molecule has 0 bridgehead atoms. The summed E-state index contributed by atoms with van der Waals surface area (Å²) in [5.41, 5.74) is 1.16. The molecule has 5 heteroatoms. The fourth-order valence-corrected chi connectivity index (χ4v) is 3.24. The standard InChI is InChI=1S/C14H14F3NO/c15-14(16,17)9-1-2-10-8(5-9)6-11-12(10)18-7-13(19-11)3-4-13/h1-2,5,11-12,18H,3-4,6-7H2/t11-,12+/m0/s1. The number of rotatable bonds is 0. The molecule has 4 rings (SSSR count). The van der Waals surface area contributed by atoms with E-state index in [2.05, 4.69) is 5.32 Å². The number of fused-ring (bicyclic) bond motifs is 3. The number of ether oxygens (including phenoxy) is 1. The summed E-state index contributed by atoms with van der Waals surface area (Å²) >= 11 is 0. The topological polar surface area (TPSA) is 21.3 Å². The first-order valence-electron chi connectivity index (χ1n) is 6.58. The van der Waals surface area contributed by atoms with Gasteiger partial charge in [-0.25, -0.2) is 0 Å². The molecular weight excluding hydrogens is 255 g/mol. The van der Waals surface area contributed by atoms with Gasteiger partial charge >= 0.3 is 6.18 Å². The van der Waals surface area contributed by atoms with Crippen LogP contribution >= 0.6 is 0 Å². The lowest BCUT2D eigenvalue weighted by Gasteiger charge is -2.34. The van der Waals surface area contributed by atoms with Gasteiger partial charge in [0.2, 0.25) is 0 Å². The van der Waals surface area contributed by atoms with Crippen molar-refractivity contribution in [2.45, 2.75) is 43.2 Å². The van der Waals surface area contributed by atoms with Crippen molar-refractivity contribution < 1.29 is 17.9 Å². The molecule has 1 aliphatic heterocycles. The Hall–Kier alpha value is -1.07. The fourth-order valence-electron chi connectivity index (χ4n) is 3.24. The Morgan fingerprint density at radius 1 is 1.26 bits per heavy atom. The third-order valence-electron chi connectivity index (χ3n) is 4.45. The summed E-state index contributed by atoms with van der Waals surface area (Å²) in [6, 6.07) is 4.11. The van der Waals surface area contributed by atoms with Gasteiger partial charge in [-0.2, -0.15) is 13.2 Å². The Morgan fingerprint density at radius 3 is 2.74 bits per heavy atom. The number of hydrogen-bond donors (Lipinski definition) is 1. The maximum absolute atomic E-state index is 12.7. The van der Waals surface area contributed by atoms with Gasteiger partial charge in [-0.1, -0.05) is 6.07 Å². The van der Waals surface area contributed by atoms with E-state index in [1.165, 1.54) is 12.1 Å². The molecule has 0 amide bonds. The smallest absolute Gasteiger partial charge is 0.368 e. The van der Waals surface area contributed by atoms with Crippen LogP contribution in [0, 0.1) is 0 Å². The van der Waals surface area contributed by atoms with Crippen molar-refractivity contribution >= 4 is 0 Å². The number of benzene rings is 1. The van der Waals surface area contributed by atoms with Crippen molar-refractivity contribution in [3.8, 4) is 0 Å². The van der Waals surface area contributed by atoms with Crippen LogP contribution < -0.4 is 5.32 Å². The highest BCUT2D eigenvalue weighted by atomic mass is 19.4. The summed E-state index contributed by atoms with van der Waals surface area (Å²) in [6.45, 7) is 0.814. The van der Waals surface area contributed by atoms with Crippen molar-refractivity contribution in [2.24, 2.45) is 0 Å². The van der Waals surface area contributed by atoms with Crippen LogP contribution in [-0.4, -0.2) is 18.2 Å². The van der Waals surface area contributed by atoms with Crippen LogP contribution in [0.5, 0.6) is 0 Å². The zero-order chi connectivity index (χ0) is 13.3. The molecule has 0 radical (unpaired) electrons. The third kappa shape index (κ3) is 1.79. The summed E-state index contributed by atoms with van der Waals surface area (Å²) in [7, 11) is 0. The molecule has 1 spiro atoms. The molecule has 2 aliphatic carbocycles. The van der Waals surface area contributed by atoms with Crippen LogP contribution in [0.2, 0.25) is 0 Å². The second kappa shape index (κ2) is 3.52. The van der Waals surface area contributed by atoms with Crippen LogP contribution in [0.15, 0.2) is 18.2 Å². The van der Waals surface area contributed by atoms with Gasteiger partial charge in [-0.15, -0.1) is 0 Å². The average molecular weight is 269 g/mol. The quantitative estimate of drug-likeness (QED) is 0.782. The molecule has 1 aromatic carbocycles. The second-order valence-electron chi connectivity index (χ2n) is 5.81. The van der Waals surface area contributed by atoms with Gasteiger partial charge in [0.05, 0.1) is 23.3 Å². The van der Waals surface area contributed by atoms with Crippen LogP contribution in [0.3, 0.4) is 0 Å². The third-order valence-corrected chi connectivity index (χ3v) is 4.45. The van der Waals surface area contributed by atoms with E-state index in [1.54, 1.807) is 6.07 Å². The number of nitrogens with one attached hydrogen (secondary N) is 1. The Balaban J connectivity index is 1.66. The predicted octanol–water partition coefficient (Wildman–Crippen LogP) is 2.82. The van der Waals surface area contributed by atoms with E-state index in [0.29, 0.717) is 6.42 Å². The molecule has 2 atom stereocenters. The molecule has 19 heavy (non-hydrogen) atoms. The van der Waals surface area contributed by atoms with Crippen molar-refractivity contribution in [1.29, 1.82) is 0 Å². The van der Waals surface area contributed by atoms with Gasteiger partial charge in [0.15, 0.2) is 0 Å². The minimum atomic E-state index is -4.27. The summed E-state index contributed by atoms with van der Waals surface area (Å²) < 4.78 is 44.2. The molecule has 102 valence electrons. The van der Waals surface area contributed by atoms with Crippen LogP contribution in [-0.2, 0) is 17.3 Å². The van der Waals surface area contributed by atoms with Crippen molar-refractivity contribution in [1.82, 2.24) is 5.32 Å². The number of alkyl halides is 3. The highest BCUT2D eigenvalue weighted by Crippen LogP contribution is 2.48. The highest BCUT2D eigenvalue weighted by molar-refractivity contribution is 5.41. The molecule has 1 saturated heterocycles. The summed E-state index contributed by atoms with van der Waals surface area (Å²) in [5, 5.41) is 3.44. The van der Waals surface area contributed by atoms with Crippen LogP contribution in [0.1, 0.15) is 35.6 Å². The highest BCUT2D eigenvalue weighted by Gasteiger charge is 2.52. The van der Waals surface area contributed by atoms with Crippen LogP contribution in [0.4, 0.5) is 13.2 Å². The van der Waals surface area contributed by atoms with E-state index < -0.39 is 11.7 Å². The lowest BCUT2D eigenvalue weighted by atomic mass is 10.0. The summed E-state index contributed by atoms with van der Waals surface area (Å²) in [5.74, 6) is 0. The van der Waals surface area contributed by atoms with Crippen molar-refractivity contribution in [2.75, 3.05) is 6.54 Å². The lowest BCUT2D eigenvalue weighted by Crippen LogP contribution is -2.46. The molecule has 0 aromatic heterocycles. The zero-order valence-electron chi connectivity index (χ0n) is 10.3. The number of halogens is 3. The second-order valence-corrected chi connectivity index (χ2v) is 5.81. The van der Waals surface area contributed by atoms with Crippen molar-refractivity contribution in [3.05, 3.63) is 34.9 Å². The van der Waals surface area contributed by atoms with Gasteiger partial charge in [-0.05, 0) is 36.1 Å². The molecule has 1 heterocycles. The van der Waals surface area contributed by atoms with Gasteiger partial charge < -0.3 is 10.1 Å². The summed E-state index contributed by atoms with van der Waals surface area (Å²) in [4.78, 5) is 0. The molecule has 2 fully saturated rings. The number of morpholine rings is 1. The SMILES string of the molecule is FC(F)(F)c1ccc2c(c1)C[C@@H]1OC3(CC3)CN[C@H]21.